The maximum Gasteiger partial charge on any atom is 0.0877 e. The van der Waals surface area contributed by atoms with Crippen LogP contribution < -0.4 is 0 Å². The van der Waals surface area contributed by atoms with Gasteiger partial charge in [-0.15, -0.1) is 0 Å². The molecule has 3 atom stereocenters. The number of hydrogen-bond donors (Lipinski definition) is 2. The molecule has 3 unspecified atom stereocenters. The van der Waals surface area contributed by atoms with Gasteiger partial charge >= 0.3 is 0 Å². The summed E-state index contributed by atoms with van der Waals surface area (Å²) >= 11 is 0. The highest BCUT2D eigenvalue weighted by Gasteiger charge is 2.44. The Morgan fingerprint density at radius 1 is 1.33 bits per heavy atom. The van der Waals surface area contributed by atoms with Crippen molar-refractivity contribution in [3.8, 4) is 0 Å². The molecule has 1 saturated heterocycles. The minimum absolute atomic E-state index is 0.00592. The van der Waals surface area contributed by atoms with Crippen LogP contribution in [0.3, 0.4) is 0 Å². The summed E-state index contributed by atoms with van der Waals surface area (Å²) in [6.07, 6.45) is 7.83. The molecule has 1 heterocycles. The van der Waals surface area contributed by atoms with E-state index in [2.05, 4.69) is 0 Å². The van der Waals surface area contributed by atoms with Crippen molar-refractivity contribution in [1.82, 2.24) is 0 Å². The normalized spacial score (nSPS) is 33.0. The fourth-order valence-electron chi connectivity index (χ4n) is 3.60. The van der Waals surface area contributed by atoms with Gasteiger partial charge in [-0.1, -0.05) is 26.2 Å². The molecule has 2 N–H and O–H groups in total. The van der Waals surface area contributed by atoms with Crippen molar-refractivity contribution >= 4 is 0 Å². The van der Waals surface area contributed by atoms with Crippen LogP contribution in [0.5, 0.6) is 0 Å². The minimum atomic E-state index is -0.960. The van der Waals surface area contributed by atoms with Crippen LogP contribution in [0, 0.1) is 5.92 Å². The lowest BCUT2D eigenvalue weighted by molar-refractivity contribution is -0.163. The Morgan fingerprint density at radius 2 is 2.00 bits per heavy atom. The summed E-state index contributed by atoms with van der Waals surface area (Å²) in [5, 5.41) is 20.7. The quantitative estimate of drug-likeness (QED) is 0.816. The van der Waals surface area contributed by atoms with Crippen LogP contribution in [0.25, 0.3) is 0 Å². The van der Waals surface area contributed by atoms with E-state index in [1.54, 1.807) is 6.92 Å². The van der Waals surface area contributed by atoms with Crippen molar-refractivity contribution in [2.24, 2.45) is 5.92 Å². The zero-order valence-corrected chi connectivity index (χ0v) is 11.8. The van der Waals surface area contributed by atoms with E-state index in [1.165, 1.54) is 19.3 Å². The lowest BCUT2D eigenvalue weighted by Gasteiger charge is -2.46. The number of aliphatic hydroxyl groups excluding tert-OH is 1. The van der Waals surface area contributed by atoms with Crippen LogP contribution in [-0.2, 0) is 4.74 Å². The van der Waals surface area contributed by atoms with Crippen LogP contribution in [0.2, 0.25) is 0 Å². The Hall–Kier alpha value is -0.120. The second-order valence-electron chi connectivity index (χ2n) is 6.50. The van der Waals surface area contributed by atoms with E-state index >= 15 is 0 Å². The van der Waals surface area contributed by atoms with E-state index in [9.17, 15) is 10.2 Å². The van der Waals surface area contributed by atoms with Crippen LogP contribution >= 0.6 is 0 Å². The van der Waals surface area contributed by atoms with Gasteiger partial charge in [0.25, 0.3) is 0 Å². The average molecular weight is 256 g/mol. The number of aliphatic hydroxyl groups is 2. The van der Waals surface area contributed by atoms with Crippen molar-refractivity contribution in [2.45, 2.75) is 82.5 Å². The van der Waals surface area contributed by atoms with Gasteiger partial charge in [0.2, 0.25) is 0 Å². The van der Waals surface area contributed by atoms with Gasteiger partial charge in [0, 0.05) is 6.61 Å². The number of rotatable bonds is 3. The second-order valence-corrected chi connectivity index (χ2v) is 6.50. The maximum absolute atomic E-state index is 10.4. The highest BCUT2D eigenvalue weighted by Crippen LogP contribution is 2.43. The molecule has 0 amide bonds. The molecule has 3 heteroatoms. The van der Waals surface area contributed by atoms with Crippen molar-refractivity contribution in [2.75, 3.05) is 6.61 Å². The third-order valence-electron chi connectivity index (χ3n) is 5.10. The van der Waals surface area contributed by atoms with Gasteiger partial charge in [0.05, 0.1) is 17.3 Å². The van der Waals surface area contributed by atoms with E-state index in [0.717, 1.165) is 32.3 Å². The standard InChI is InChI=1S/C15H28O3/c1-3-14(2,17)13(16)12-7-10-18-15(11-12)8-5-4-6-9-15/h12-13,16-17H,3-11H2,1-2H3. The first-order valence-corrected chi connectivity index (χ1v) is 7.53. The molecule has 18 heavy (non-hydrogen) atoms. The van der Waals surface area contributed by atoms with Gasteiger partial charge < -0.3 is 14.9 Å². The smallest absolute Gasteiger partial charge is 0.0877 e. The van der Waals surface area contributed by atoms with Gasteiger partial charge in [-0.25, -0.2) is 0 Å². The highest BCUT2D eigenvalue weighted by atomic mass is 16.5. The third kappa shape index (κ3) is 2.89. The van der Waals surface area contributed by atoms with E-state index in [4.69, 9.17) is 4.74 Å². The summed E-state index contributed by atoms with van der Waals surface area (Å²) in [6, 6.07) is 0. The first kappa shape index (κ1) is 14.3. The molecule has 1 saturated carbocycles. The zero-order chi connectivity index (χ0) is 13.2. The molecule has 2 aliphatic rings. The first-order valence-electron chi connectivity index (χ1n) is 7.53. The molecule has 0 aromatic carbocycles. The molecular formula is C15H28O3. The molecule has 106 valence electrons. The van der Waals surface area contributed by atoms with Gasteiger partial charge in [0.15, 0.2) is 0 Å². The summed E-state index contributed by atoms with van der Waals surface area (Å²) in [5.41, 5.74) is -0.955. The fraction of sp³-hybridized carbons (Fsp3) is 1.00. The monoisotopic (exact) mass is 256 g/mol. The number of ether oxygens (including phenoxy) is 1. The Bertz CT molecular complexity index is 263. The van der Waals surface area contributed by atoms with Gasteiger partial charge in [-0.3, -0.25) is 0 Å². The topological polar surface area (TPSA) is 49.7 Å². The fourth-order valence-corrected chi connectivity index (χ4v) is 3.60. The average Bonchev–Trinajstić information content (AvgIpc) is 2.39. The second kappa shape index (κ2) is 5.48. The SMILES string of the molecule is CCC(C)(O)C(O)C1CCOC2(CCCCC2)C1. The van der Waals surface area contributed by atoms with Crippen LogP contribution in [0.15, 0.2) is 0 Å². The molecule has 2 fully saturated rings. The molecule has 1 spiro atoms. The molecule has 3 nitrogen and oxygen atoms in total. The zero-order valence-electron chi connectivity index (χ0n) is 11.8. The molecule has 0 radical (unpaired) electrons. The summed E-state index contributed by atoms with van der Waals surface area (Å²) in [6.45, 7) is 4.42. The van der Waals surface area contributed by atoms with Crippen LogP contribution in [0.1, 0.15) is 65.2 Å². The van der Waals surface area contributed by atoms with E-state index in [1.807, 2.05) is 6.92 Å². The Kier molecular flexibility index (Phi) is 4.35. The van der Waals surface area contributed by atoms with E-state index in [0.29, 0.717) is 6.42 Å². The molecule has 0 bridgehead atoms. The lowest BCUT2D eigenvalue weighted by Crippen LogP contribution is -2.50. The predicted molar refractivity (Wildman–Crippen MR) is 71.4 cm³/mol. The largest absolute Gasteiger partial charge is 0.390 e. The Morgan fingerprint density at radius 3 is 2.61 bits per heavy atom. The third-order valence-corrected chi connectivity index (χ3v) is 5.10. The summed E-state index contributed by atoms with van der Waals surface area (Å²) in [7, 11) is 0. The Balaban J connectivity index is 2.02. The minimum Gasteiger partial charge on any atom is -0.390 e. The first-order chi connectivity index (χ1) is 8.49. The summed E-state index contributed by atoms with van der Waals surface area (Å²) in [5.74, 6) is 0.187. The van der Waals surface area contributed by atoms with Gasteiger partial charge in [-0.2, -0.15) is 0 Å². The van der Waals surface area contributed by atoms with E-state index in [-0.39, 0.29) is 11.5 Å². The van der Waals surface area contributed by atoms with Gasteiger partial charge in [-0.05, 0) is 44.9 Å². The van der Waals surface area contributed by atoms with Crippen molar-refractivity contribution in [3.63, 3.8) is 0 Å². The molecule has 0 aromatic rings. The molecule has 1 aliphatic heterocycles. The van der Waals surface area contributed by atoms with Crippen molar-refractivity contribution in [3.05, 3.63) is 0 Å². The Labute approximate surface area is 111 Å². The summed E-state index contributed by atoms with van der Waals surface area (Å²) < 4.78 is 6.04. The molecule has 2 rings (SSSR count). The van der Waals surface area contributed by atoms with Crippen LogP contribution in [0.4, 0.5) is 0 Å². The van der Waals surface area contributed by atoms with E-state index < -0.39 is 11.7 Å². The maximum atomic E-state index is 10.4. The predicted octanol–water partition coefficient (Wildman–Crippen LogP) is 2.64. The van der Waals surface area contributed by atoms with Gasteiger partial charge in [0.1, 0.15) is 0 Å². The lowest BCUT2D eigenvalue weighted by atomic mass is 9.72. The van der Waals surface area contributed by atoms with Crippen LogP contribution in [-0.4, -0.2) is 34.1 Å². The molecule has 0 aromatic heterocycles. The molecular weight excluding hydrogens is 228 g/mol. The van der Waals surface area contributed by atoms with Crippen molar-refractivity contribution < 1.29 is 14.9 Å². The molecule has 1 aliphatic carbocycles. The number of hydrogen-bond acceptors (Lipinski definition) is 3. The summed E-state index contributed by atoms with van der Waals surface area (Å²) in [4.78, 5) is 0. The van der Waals surface area contributed by atoms with Crippen molar-refractivity contribution in [1.29, 1.82) is 0 Å². The highest BCUT2D eigenvalue weighted by molar-refractivity contribution is 4.95.